The molecule has 0 bridgehead atoms. The number of rotatable bonds is 6. The van der Waals surface area contributed by atoms with E-state index >= 15 is 0 Å². The number of alkyl halides is 6. The van der Waals surface area contributed by atoms with Crippen LogP contribution in [0.5, 0.6) is 0 Å². The maximum absolute atomic E-state index is 13.2. The van der Waals surface area contributed by atoms with Gasteiger partial charge in [-0.15, -0.1) is 0 Å². The van der Waals surface area contributed by atoms with Crippen molar-refractivity contribution in [2.24, 2.45) is 11.7 Å². The van der Waals surface area contributed by atoms with E-state index in [1.807, 2.05) is 30.3 Å². The molecule has 3 rings (SSSR count). The molecule has 2 aromatic rings. The van der Waals surface area contributed by atoms with Crippen LogP contribution < -0.4 is 11.1 Å². The lowest BCUT2D eigenvalue weighted by atomic mass is 9.79. The maximum atomic E-state index is 13.2. The van der Waals surface area contributed by atoms with Crippen molar-refractivity contribution in [2.45, 2.75) is 43.8 Å². The molecular weight excluding hydrogens is 450 g/mol. The summed E-state index contributed by atoms with van der Waals surface area (Å²) in [4.78, 5) is 11.5. The minimum atomic E-state index is -4.93. The lowest BCUT2D eigenvalue weighted by Crippen LogP contribution is -2.54. The number of primary amides is 1. The molecule has 3 atom stereocenters. The third-order valence-corrected chi connectivity index (χ3v) is 5.99. The van der Waals surface area contributed by atoms with Crippen LogP contribution in [-0.2, 0) is 27.4 Å². The number of benzene rings is 2. The molecule has 0 aromatic heterocycles. The van der Waals surface area contributed by atoms with Crippen molar-refractivity contribution >= 4 is 5.91 Å². The predicted octanol–water partition coefficient (Wildman–Crippen LogP) is 5.18. The number of halogens is 6. The lowest BCUT2D eigenvalue weighted by molar-refractivity contribution is -0.143. The fourth-order valence-corrected chi connectivity index (χ4v) is 3.96. The summed E-state index contributed by atoms with van der Waals surface area (Å²) in [5.41, 5.74) is 2.46. The minimum absolute atomic E-state index is 0.0265. The molecule has 10 heteroatoms. The Morgan fingerprint density at radius 1 is 1.09 bits per heavy atom. The molecule has 180 valence electrons. The van der Waals surface area contributed by atoms with Crippen LogP contribution in [-0.4, -0.2) is 19.1 Å². The third-order valence-electron chi connectivity index (χ3n) is 5.99. The topological polar surface area (TPSA) is 64.3 Å². The molecule has 3 N–H and O–H groups in total. The second-order valence-electron chi connectivity index (χ2n) is 8.26. The van der Waals surface area contributed by atoms with Crippen molar-refractivity contribution in [1.82, 2.24) is 5.32 Å². The Hall–Kier alpha value is -2.59. The second-order valence-corrected chi connectivity index (χ2v) is 8.26. The zero-order chi connectivity index (χ0) is 24.4. The molecule has 2 aromatic carbocycles. The Morgan fingerprint density at radius 3 is 2.12 bits per heavy atom. The highest BCUT2D eigenvalue weighted by Crippen LogP contribution is 2.39. The van der Waals surface area contributed by atoms with Crippen molar-refractivity contribution in [1.29, 1.82) is 0 Å². The Morgan fingerprint density at radius 2 is 1.67 bits per heavy atom. The largest absolute Gasteiger partial charge is 0.416 e. The summed E-state index contributed by atoms with van der Waals surface area (Å²) < 4.78 is 85.1. The van der Waals surface area contributed by atoms with Crippen LogP contribution >= 0.6 is 0 Å². The van der Waals surface area contributed by atoms with E-state index < -0.39 is 41.0 Å². The smallest absolute Gasteiger partial charge is 0.372 e. The van der Waals surface area contributed by atoms with Gasteiger partial charge in [-0.2, -0.15) is 26.3 Å². The normalized spacial score (nSPS) is 22.7. The predicted molar refractivity (Wildman–Crippen MR) is 109 cm³/mol. The molecule has 1 saturated heterocycles. The van der Waals surface area contributed by atoms with E-state index in [9.17, 15) is 31.1 Å². The Balaban J connectivity index is 1.87. The van der Waals surface area contributed by atoms with Crippen molar-refractivity contribution in [2.75, 3.05) is 13.2 Å². The van der Waals surface area contributed by atoms with E-state index in [4.69, 9.17) is 10.5 Å². The monoisotopic (exact) mass is 474 g/mol. The second kappa shape index (κ2) is 9.34. The van der Waals surface area contributed by atoms with Gasteiger partial charge in [0, 0.05) is 6.54 Å². The summed E-state index contributed by atoms with van der Waals surface area (Å²) in [7, 11) is 0. The average molecular weight is 474 g/mol. The average Bonchev–Trinajstić information content (AvgIpc) is 2.76. The van der Waals surface area contributed by atoms with Gasteiger partial charge >= 0.3 is 12.4 Å². The van der Waals surface area contributed by atoms with Crippen LogP contribution in [0.2, 0.25) is 0 Å². The maximum Gasteiger partial charge on any atom is 0.416 e. The fraction of sp³-hybridized carbons (Fsp3) is 0.435. The van der Waals surface area contributed by atoms with Gasteiger partial charge in [-0.25, -0.2) is 0 Å². The van der Waals surface area contributed by atoms with Gasteiger partial charge in [0.2, 0.25) is 5.91 Å². The highest BCUT2D eigenvalue weighted by molar-refractivity contribution is 5.77. The fourth-order valence-electron chi connectivity index (χ4n) is 3.96. The zero-order valence-corrected chi connectivity index (χ0v) is 17.8. The number of nitrogens with two attached hydrogens (primary N) is 1. The number of hydrogen-bond acceptors (Lipinski definition) is 3. The molecule has 1 aliphatic heterocycles. The number of amides is 1. The third kappa shape index (κ3) is 5.86. The molecule has 4 nitrogen and oxygen atoms in total. The quantitative estimate of drug-likeness (QED) is 0.567. The van der Waals surface area contributed by atoms with E-state index in [0.717, 1.165) is 5.56 Å². The van der Waals surface area contributed by atoms with Gasteiger partial charge in [0.25, 0.3) is 0 Å². The van der Waals surface area contributed by atoms with Crippen LogP contribution in [0.3, 0.4) is 0 Å². The molecule has 1 heterocycles. The highest BCUT2D eigenvalue weighted by Gasteiger charge is 2.40. The van der Waals surface area contributed by atoms with Gasteiger partial charge in [-0.1, -0.05) is 30.3 Å². The first kappa shape index (κ1) is 25.0. The van der Waals surface area contributed by atoms with Gasteiger partial charge < -0.3 is 15.8 Å². The van der Waals surface area contributed by atoms with Crippen molar-refractivity contribution in [3.63, 3.8) is 0 Å². The molecule has 1 fully saturated rings. The number of ether oxygens (including phenoxy) is 1. The van der Waals surface area contributed by atoms with Crippen molar-refractivity contribution in [3.05, 3.63) is 70.8 Å². The van der Waals surface area contributed by atoms with Crippen LogP contribution in [0.15, 0.2) is 48.5 Å². The number of piperidine rings is 1. The molecular formula is C23H24F6N2O2. The summed E-state index contributed by atoms with van der Waals surface area (Å²) in [6.45, 7) is 1.66. The van der Waals surface area contributed by atoms with Gasteiger partial charge in [0.15, 0.2) is 0 Å². The molecule has 0 radical (unpaired) electrons. The van der Waals surface area contributed by atoms with Gasteiger partial charge in [-0.05, 0) is 49.1 Å². The van der Waals surface area contributed by atoms with Crippen LogP contribution in [0.25, 0.3) is 0 Å². The molecule has 1 aliphatic rings. The molecule has 1 amide bonds. The minimum Gasteiger partial charge on any atom is -0.372 e. The molecule has 33 heavy (non-hydrogen) atoms. The summed E-state index contributed by atoms with van der Waals surface area (Å²) in [5, 5.41) is 3.27. The summed E-state index contributed by atoms with van der Waals surface area (Å²) in [5.74, 6) is -0.820. The van der Waals surface area contributed by atoms with Crippen LogP contribution in [0.1, 0.15) is 48.1 Å². The standard InChI is InChI=1S/C23H24F6N2O2/c1-14(16-9-18(22(24,25)26)11-19(10-16)23(27,28)29)33-13-21(17-5-3-2-4-6-17)8-7-15(12-31-21)20(30)32/h2-6,9-11,14-15,31H,7-8,12-13H2,1H3,(H2,30,32)/t14?,15-,21?/m0/s1. The first-order chi connectivity index (χ1) is 15.3. The number of carbonyl (C=O) groups excluding carboxylic acids is 1. The highest BCUT2D eigenvalue weighted by atomic mass is 19.4. The summed E-state index contributed by atoms with van der Waals surface area (Å²) >= 11 is 0. The van der Waals surface area contributed by atoms with Crippen LogP contribution in [0, 0.1) is 5.92 Å². The van der Waals surface area contributed by atoms with Crippen molar-refractivity contribution in [3.8, 4) is 0 Å². The number of hydrogen-bond donors (Lipinski definition) is 2. The Kier molecular flexibility index (Phi) is 7.09. The molecule has 0 saturated carbocycles. The van der Waals surface area contributed by atoms with Crippen molar-refractivity contribution < 1.29 is 35.9 Å². The van der Waals surface area contributed by atoms with Gasteiger partial charge in [0.05, 0.1) is 35.3 Å². The number of nitrogens with one attached hydrogen (secondary N) is 1. The van der Waals surface area contributed by atoms with E-state index in [1.54, 1.807) is 0 Å². The first-order valence-corrected chi connectivity index (χ1v) is 10.3. The first-order valence-electron chi connectivity index (χ1n) is 10.3. The summed E-state index contributed by atoms with van der Waals surface area (Å²) in [6, 6.07) is 10.6. The zero-order valence-electron chi connectivity index (χ0n) is 17.8. The molecule has 0 spiro atoms. The number of carbonyl (C=O) groups is 1. The lowest BCUT2D eigenvalue weighted by Gasteiger charge is -2.41. The van der Waals surface area contributed by atoms with Gasteiger partial charge in [-0.3, -0.25) is 4.79 Å². The van der Waals surface area contributed by atoms with Gasteiger partial charge in [0.1, 0.15) is 0 Å². The Bertz CT molecular complexity index is 935. The summed E-state index contributed by atoms with van der Waals surface area (Å²) in [6.07, 6.45) is -10.00. The van der Waals surface area contributed by atoms with E-state index in [2.05, 4.69) is 5.32 Å². The van der Waals surface area contributed by atoms with E-state index in [1.165, 1.54) is 6.92 Å². The Labute approximate surface area is 187 Å². The van der Waals surface area contributed by atoms with E-state index in [0.29, 0.717) is 25.0 Å². The SMILES string of the molecule is CC(OCC1(c2ccccc2)CC[C@H](C(N)=O)CN1)c1cc(C(F)(F)F)cc(C(F)(F)F)c1. The molecule has 0 aliphatic carbocycles. The molecule has 2 unspecified atom stereocenters. The van der Waals surface area contributed by atoms with E-state index in [-0.39, 0.29) is 30.7 Å². The van der Waals surface area contributed by atoms with Crippen LogP contribution in [0.4, 0.5) is 26.3 Å².